The van der Waals surface area contributed by atoms with Gasteiger partial charge >= 0.3 is 12.1 Å². The molecule has 182 valence electrons. The Balaban J connectivity index is 2.17. The molecular weight excluding hydrogens is 496 g/mol. The van der Waals surface area contributed by atoms with E-state index in [2.05, 4.69) is 15.9 Å². The van der Waals surface area contributed by atoms with Crippen LogP contribution in [0.5, 0.6) is 0 Å². The highest BCUT2D eigenvalue weighted by Crippen LogP contribution is 2.40. The zero-order valence-corrected chi connectivity index (χ0v) is 21.4. The molecule has 1 amide bonds. The molecule has 1 aromatic rings. The van der Waals surface area contributed by atoms with Crippen molar-refractivity contribution in [2.45, 2.75) is 39.2 Å². The van der Waals surface area contributed by atoms with Gasteiger partial charge in [0, 0.05) is 37.5 Å². The fourth-order valence-corrected chi connectivity index (χ4v) is 4.77. The predicted octanol–water partition coefficient (Wildman–Crippen LogP) is 2.35. The summed E-state index contributed by atoms with van der Waals surface area (Å²) in [5.41, 5.74) is 2.06. The predicted molar refractivity (Wildman–Crippen MR) is 123 cm³/mol. The van der Waals surface area contributed by atoms with Crippen LogP contribution in [0.1, 0.15) is 36.5 Å². The second-order valence-electron chi connectivity index (χ2n) is 8.10. The summed E-state index contributed by atoms with van der Waals surface area (Å²) in [6.07, 6.45) is 0.131. The minimum Gasteiger partial charge on any atom is -0.434 e. The summed E-state index contributed by atoms with van der Waals surface area (Å²) in [6, 6.07) is 3.88. The highest BCUT2D eigenvalue weighted by molar-refractivity contribution is 9.10. The third kappa shape index (κ3) is 5.16. The topological polar surface area (TPSA) is 88.0 Å². The Morgan fingerprint density at radius 2 is 1.85 bits per heavy atom. The van der Waals surface area contributed by atoms with Crippen LogP contribution in [-0.2, 0) is 28.7 Å². The Morgan fingerprint density at radius 1 is 1.15 bits per heavy atom. The first-order valence-corrected chi connectivity index (χ1v) is 11.8. The molecule has 0 bridgehead atoms. The first kappa shape index (κ1) is 25.8. The zero-order valence-electron chi connectivity index (χ0n) is 19.8. The Morgan fingerprint density at radius 3 is 2.45 bits per heavy atom. The van der Waals surface area contributed by atoms with Crippen LogP contribution in [0.4, 0.5) is 4.79 Å². The number of nitrogens with one attached hydrogen (secondary N) is 1. The van der Waals surface area contributed by atoms with Gasteiger partial charge in [-0.05, 0) is 43.5 Å². The maximum Gasteiger partial charge on any atom is 0.513 e. The second-order valence-corrected chi connectivity index (χ2v) is 8.95. The minimum atomic E-state index is -0.897. The van der Waals surface area contributed by atoms with Crippen molar-refractivity contribution in [2.75, 3.05) is 47.1 Å². The largest absolute Gasteiger partial charge is 0.513 e. The number of piperidine rings is 1. The molecule has 3 rings (SSSR count). The summed E-state index contributed by atoms with van der Waals surface area (Å²) in [7, 11) is 3.19. The average molecular weight is 528 g/mol. The Kier molecular flexibility index (Phi) is 8.65. The van der Waals surface area contributed by atoms with E-state index in [1.165, 1.54) is 0 Å². The molecule has 0 radical (unpaired) electrons. The van der Waals surface area contributed by atoms with Crippen LogP contribution in [0.3, 0.4) is 0 Å². The fraction of sp³-hybridized carbons (Fsp3) is 0.565. The van der Waals surface area contributed by atoms with Crippen molar-refractivity contribution in [3.63, 3.8) is 0 Å². The fourth-order valence-electron chi connectivity index (χ4n) is 4.43. The number of carbonyl (C=O) groups is 2. The van der Waals surface area contributed by atoms with Crippen LogP contribution >= 0.6 is 15.9 Å². The maximum absolute atomic E-state index is 13.9. The molecule has 1 saturated heterocycles. The first-order chi connectivity index (χ1) is 15.8. The molecule has 2 heterocycles. The molecule has 2 aliphatic heterocycles. The summed E-state index contributed by atoms with van der Waals surface area (Å²) in [5, 5.41) is 2.09. The van der Waals surface area contributed by atoms with Crippen molar-refractivity contribution >= 4 is 33.6 Å². The van der Waals surface area contributed by atoms with Gasteiger partial charge in [-0.15, -0.1) is 5.06 Å². The molecule has 1 atom stereocenters. The number of rotatable bonds is 8. The summed E-state index contributed by atoms with van der Waals surface area (Å²) in [5.74, 6) is 0.00287. The van der Waals surface area contributed by atoms with Crippen LogP contribution in [0.25, 0.3) is 5.57 Å². The van der Waals surface area contributed by atoms with Gasteiger partial charge in [-0.25, -0.2) is 9.59 Å². The molecule has 1 N–H and O–H groups in total. The van der Waals surface area contributed by atoms with Gasteiger partial charge in [-0.3, -0.25) is 0 Å². The van der Waals surface area contributed by atoms with Crippen LogP contribution in [0.2, 0.25) is 0 Å². The van der Waals surface area contributed by atoms with Crippen LogP contribution in [0, 0.1) is 13.8 Å². The van der Waals surface area contributed by atoms with Crippen molar-refractivity contribution in [3.05, 3.63) is 39.1 Å². The number of hydroxylamine groups is 4. The molecule has 1 fully saturated rings. The molecule has 1 aromatic carbocycles. The number of ether oxygens (including phenoxy) is 3. The van der Waals surface area contributed by atoms with Gasteiger partial charge in [-0.2, -0.15) is 9.90 Å². The first-order valence-electron chi connectivity index (χ1n) is 11.0. The van der Waals surface area contributed by atoms with Gasteiger partial charge in [0.15, 0.2) is 11.3 Å². The smallest absolute Gasteiger partial charge is 0.434 e. The number of aryl methyl sites for hydroxylation is 2. The van der Waals surface area contributed by atoms with E-state index < -0.39 is 11.7 Å². The minimum absolute atomic E-state index is 0.163. The highest BCUT2D eigenvalue weighted by atomic mass is 79.9. The van der Waals surface area contributed by atoms with E-state index in [4.69, 9.17) is 23.9 Å². The number of hydrogen-bond acceptors (Lipinski definition) is 8. The molecule has 33 heavy (non-hydrogen) atoms. The number of hydrogen-bond donors (Lipinski definition) is 1. The normalized spacial score (nSPS) is 20.5. The second kappa shape index (κ2) is 11.1. The van der Waals surface area contributed by atoms with Gasteiger partial charge in [0.25, 0.3) is 0 Å². The lowest BCUT2D eigenvalue weighted by molar-refractivity contribution is -1.06. The van der Waals surface area contributed by atoms with E-state index in [1.807, 2.05) is 31.0 Å². The van der Waals surface area contributed by atoms with Gasteiger partial charge < -0.3 is 19.0 Å². The number of methoxy groups -OCH3 is 1. The van der Waals surface area contributed by atoms with Gasteiger partial charge in [0.1, 0.15) is 12.2 Å². The Labute approximate surface area is 202 Å². The van der Waals surface area contributed by atoms with Gasteiger partial charge in [-0.1, -0.05) is 22.0 Å². The van der Waals surface area contributed by atoms with Crippen molar-refractivity contribution in [1.82, 2.24) is 5.06 Å². The van der Waals surface area contributed by atoms with E-state index in [-0.39, 0.29) is 29.9 Å². The van der Waals surface area contributed by atoms with Crippen LogP contribution in [-0.4, -0.2) is 69.8 Å². The molecule has 9 nitrogen and oxygen atoms in total. The van der Waals surface area contributed by atoms with Gasteiger partial charge in [0.05, 0.1) is 20.3 Å². The Bertz CT molecular complexity index is 926. The van der Waals surface area contributed by atoms with Gasteiger partial charge in [0.2, 0.25) is 0 Å². The lowest BCUT2D eigenvalue weighted by atomic mass is 9.85. The molecule has 0 aromatic heterocycles. The Hall–Kier alpha value is -1.82. The van der Waals surface area contributed by atoms with E-state index in [0.29, 0.717) is 43.7 Å². The molecule has 0 aliphatic carbocycles. The van der Waals surface area contributed by atoms with E-state index in [0.717, 1.165) is 15.6 Å². The number of halogens is 1. The number of quaternary nitrogens is 1. The monoisotopic (exact) mass is 527 g/mol. The zero-order chi connectivity index (χ0) is 24.2. The lowest BCUT2D eigenvalue weighted by Crippen LogP contribution is -3.20. The van der Waals surface area contributed by atoms with E-state index in [1.54, 1.807) is 21.1 Å². The van der Waals surface area contributed by atoms with E-state index in [9.17, 15) is 9.59 Å². The lowest BCUT2D eigenvalue weighted by Gasteiger charge is -2.39. The van der Waals surface area contributed by atoms with Crippen molar-refractivity contribution < 1.29 is 38.5 Å². The number of amides is 1. The molecular formula is C23H32BrN2O7+. The SMILES string of the molecule is CCOC(=O)OC1=C(c2cc(Br)c(C)cc2C)C(=O)[NH+](OCCOC)C12CCN(OC)CC2. The summed E-state index contributed by atoms with van der Waals surface area (Å²) in [6.45, 7) is 7.40. The number of carbonyl (C=O) groups excluding carboxylic acids is 2. The quantitative estimate of drug-likeness (QED) is 0.407. The molecule has 0 saturated carbocycles. The highest BCUT2D eigenvalue weighted by Gasteiger charge is 2.62. The summed E-state index contributed by atoms with van der Waals surface area (Å²) < 4.78 is 16.9. The molecule has 10 heteroatoms. The average Bonchev–Trinajstić information content (AvgIpc) is 2.99. The maximum atomic E-state index is 13.9. The van der Waals surface area contributed by atoms with E-state index >= 15 is 0 Å². The standard InChI is InChI=1S/C23H31BrN2O7/c1-6-31-22(28)33-20-19(17-14-18(24)16(3)13-15(17)2)21(27)26(32-12-11-29-4)23(20)7-9-25(30-5)10-8-23/h13-14H,6-12H2,1-5H3/p+1. The van der Waals surface area contributed by atoms with Crippen molar-refractivity contribution in [2.24, 2.45) is 0 Å². The molecule has 1 unspecified atom stereocenters. The molecule has 2 aliphatic rings. The molecule has 1 spiro atoms. The summed E-state index contributed by atoms with van der Waals surface area (Å²) in [4.78, 5) is 37.8. The summed E-state index contributed by atoms with van der Waals surface area (Å²) >= 11 is 3.57. The number of benzene rings is 1. The van der Waals surface area contributed by atoms with Crippen molar-refractivity contribution in [1.29, 1.82) is 0 Å². The third-order valence-electron chi connectivity index (χ3n) is 6.12. The van der Waals surface area contributed by atoms with Crippen molar-refractivity contribution in [3.8, 4) is 0 Å². The number of nitrogens with zero attached hydrogens (tertiary/aromatic N) is 1. The third-order valence-corrected chi connectivity index (χ3v) is 6.97. The van der Waals surface area contributed by atoms with Crippen LogP contribution < -0.4 is 5.06 Å². The van der Waals surface area contributed by atoms with Crippen LogP contribution in [0.15, 0.2) is 22.4 Å².